The van der Waals surface area contributed by atoms with E-state index in [1.165, 1.54) is 20.3 Å². The van der Waals surface area contributed by atoms with Crippen molar-refractivity contribution in [2.24, 2.45) is 0 Å². The van der Waals surface area contributed by atoms with Crippen LogP contribution in [0.4, 0.5) is 0 Å². The summed E-state index contributed by atoms with van der Waals surface area (Å²) < 4.78 is 10.5. The van der Waals surface area contributed by atoms with E-state index in [9.17, 15) is 4.79 Å². The van der Waals surface area contributed by atoms with Crippen molar-refractivity contribution < 1.29 is 19.4 Å². The number of methoxy groups -OCH3 is 2. The number of hydrogen-bond donors (Lipinski definition) is 1. The third kappa shape index (κ3) is 3.18. The normalized spacial score (nSPS) is 10.6. The summed E-state index contributed by atoms with van der Waals surface area (Å²) in [6.45, 7) is 5.67. The van der Waals surface area contributed by atoms with Crippen LogP contribution in [0.25, 0.3) is 11.6 Å². The third-order valence-corrected chi connectivity index (χ3v) is 2.62. The van der Waals surface area contributed by atoms with Gasteiger partial charge in [-0.2, -0.15) is 5.26 Å². The van der Waals surface area contributed by atoms with E-state index in [4.69, 9.17) is 19.8 Å². The molecule has 1 N–H and O–H groups in total. The van der Waals surface area contributed by atoms with Gasteiger partial charge in [-0.3, -0.25) is 0 Å². The molecule has 1 rings (SSSR count). The number of aliphatic carboxylic acids is 1. The number of ether oxygens (including phenoxy) is 2. The Bertz CT molecular complexity index is 598. The molecule has 0 saturated carbocycles. The minimum absolute atomic E-state index is 0.364. The zero-order valence-electron chi connectivity index (χ0n) is 11.6. The highest BCUT2D eigenvalue weighted by atomic mass is 16.5. The fourth-order valence-corrected chi connectivity index (χ4v) is 1.74. The van der Waals surface area contributed by atoms with E-state index < -0.39 is 5.97 Å². The summed E-state index contributed by atoms with van der Waals surface area (Å²) in [4.78, 5) is 10.9. The largest absolute Gasteiger partial charge is 0.496 e. The molecule has 0 bridgehead atoms. The second kappa shape index (κ2) is 6.43. The van der Waals surface area contributed by atoms with Gasteiger partial charge in [-0.05, 0) is 36.3 Å². The number of hydrogen-bond acceptors (Lipinski definition) is 4. The van der Waals surface area contributed by atoms with Crippen LogP contribution in [0, 0.1) is 11.3 Å². The lowest BCUT2D eigenvalue weighted by molar-refractivity contribution is -0.132. The molecule has 0 atom stereocenters. The van der Waals surface area contributed by atoms with E-state index in [2.05, 4.69) is 6.58 Å². The highest BCUT2D eigenvalue weighted by Crippen LogP contribution is 2.35. The molecule has 0 unspecified atom stereocenters. The Kier molecular flexibility index (Phi) is 4.93. The van der Waals surface area contributed by atoms with Crippen LogP contribution < -0.4 is 9.47 Å². The zero-order chi connectivity index (χ0) is 15.3. The molecule has 1 aromatic carbocycles. The first-order chi connectivity index (χ1) is 9.44. The maximum absolute atomic E-state index is 10.9. The maximum Gasteiger partial charge on any atom is 0.346 e. The molecule has 1 aromatic rings. The highest BCUT2D eigenvalue weighted by Gasteiger charge is 2.14. The van der Waals surface area contributed by atoms with Gasteiger partial charge in [-0.1, -0.05) is 6.58 Å². The van der Waals surface area contributed by atoms with Crippen LogP contribution >= 0.6 is 0 Å². The lowest BCUT2D eigenvalue weighted by atomic mass is 10.0. The van der Waals surface area contributed by atoms with Crippen LogP contribution in [0.3, 0.4) is 0 Å². The third-order valence-electron chi connectivity index (χ3n) is 2.62. The number of nitriles is 1. The number of benzene rings is 1. The Morgan fingerprint density at radius 3 is 2.15 bits per heavy atom. The molecule has 0 heterocycles. The summed E-state index contributed by atoms with van der Waals surface area (Å²) in [5.74, 6) is -0.272. The fourth-order valence-electron chi connectivity index (χ4n) is 1.74. The van der Waals surface area contributed by atoms with Gasteiger partial charge in [0.05, 0.1) is 19.8 Å². The van der Waals surface area contributed by atoms with Crippen molar-refractivity contribution in [3.63, 3.8) is 0 Å². The Hall–Kier alpha value is -2.74. The fraction of sp³-hybridized carbons (Fsp3) is 0.200. The lowest BCUT2D eigenvalue weighted by Gasteiger charge is -2.14. The molecule has 0 aliphatic heterocycles. The molecule has 0 saturated heterocycles. The van der Waals surface area contributed by atoms with Gasteiger partial charge in [0, 0.05) is 0 Å². The predicted molar refractivity (Wildman–Crippen MR) is 75.5 cm³/mol. The van der Waals surface area contributed by atoms with E-state index in [0.717, 1.165) is 5.57 Å². The van der Waals surface area contributed by atoms with E-state index in [0.29, 0.717) is 22.6 Å². The van der Waals surface area contributed by atoms with E-state index in [1.54, 1.807) is 18.2 Å². The first-order valence-corrected chi connectivity index (χ1v) is 5.71. The lowest BCUT2D eigenvalue weighted by Crippen LogP contribution is -1.99. The minimum atomic E-state index is -1.28. The SMILES string of the molecule is C=C(C)c1c(OC)cc(C=C(C#N)C(=O)O)cc1OC. The van der Waals surface area contributed by atoms with Gasteiger partial charge in [0.25, 0.3) is 0 Å². The first kappa shape index (κ1) is 15.3. The van der Waals surface area contributed by atoms with E-state index >= 15 is 0 Å². The average molecular weight is 273 g/mol. The molecular weight excluding hydrogens is 258 g/mol. The summed E-state index contributed by atoms with van der Waals surface area (Å²) in [5.41, 5.74) is 1.61. The van der Waals surface area contributed by atoms with Crippen LogP contribution in [-0.4, -0.2) is 25.3 Å². The van der Waals surface area contributed by atoms with Gasteiger partial charge in [-0.15, -0.1) is 0 Å². The van der Waals surface area contributed by atoms with Gasteiger partial charge in [0.2, 0.25) is 0 Å². The summed E-state index contributed by atoms with van der Waals surface area (Å²) in [6, 6.07) is 4.89. The smallest absolute Gasteiger partial charge is 0.346 e. The molecule has 0 spiro atoms. The Balaban J connectivity index is 3.50. The van der Waals surface area contributed by atoms with Crippen molar-refractivity contribution >= 4 is 17.6 Å². The standard InChI is InChI=1S/C15H15NO4/c1-9(2)14-12(19-3)6-10(7-13(14)20-4)5-11(8-16)15(17)18/h5-7H,1H2,2-4H3,(H,17,18). The maximum atomic E-state index is 10.9. The number of allylic oxidation sites excluding steroid dienone is 1. The van der Waals surface area contributed by atoms with E-state index in [1.807, 2.05) is 6.92 Å². The summed E-state index contributed by atoms with van der Waals surface area (Å²) >= 11 is 0. The van der Waals surface area contributed by atoms with Gasteiger partial charge in [0.1, 0.15) is 23.1 Å². The van der Waals surface area contributed by atoms with Gasteiger partial charge in [-0.25, -0.2) is 4.79 Å². The monoisotopic (exact) mass is 273 g/mol. The van der Waals surface area contributed by atoms with Gasteiger partial charge >= 0.3 is 5.97 Å². The number of nitrogens with zero attached hydrogens (tertiary/aromatic N) is 1. The topological polar surface area (TPSA) is 79.5 Å². The Morgan fingerprint density at radius 2 is 1.85 bits per heavy atom. The second-order valence-corrected chi connectivity index (χ2v) is 4.06. The molecule has 0 aliphatic rings. The Morgan fingerprint density at radius 1 is 1.35 bits per heavy atom. The number of carboxylic acids is 1. The first-order valence-electron chi connectivity index (χ1n) is 5.71. The zero-order valence-corrected chi connectivity index (χ0v) is 11.6. The molecule has 0 aromatic heterocycles. The molecular formula is C15H15NO4. The van der Waals surface area contributed by atoms with Crippen molar-refractivity contribution in [3.05, 3.63) is 35.4 Å². The van der Waals surface area contributed by atoms with Crippen molar-refractivity contribution in [2.75, 3.05) is 14.2 Å². The molecule has 0 aliphatic carbocycles. The number of carbonyl (C=O) groups is 1. The van der Waals surface area contributed by atoms with Crippen molar-refractivity contribution in [1.82, 2.24) is 0 Å². The van der Waals surface area contributed by atoms with Crippen molar-refractivity contribution in [3.8, 4) is 17.6 Å². The molecule has 0 radical (unpaired) electrons. The minimum Gasteiger partial charge on any atom is -0.496 e. The summed E-state index contributed by atoms with van der Waals surface area (Å²) in [6.07, 6.45) is 1.26. The summed E-state index contributed by atoms with van der Waals surface area (Å²) in [7, 11) is 2.99. The molecule has 5 heteroatoms. The number of rotatable bonds is 5. The van der Waals surface area contributed by atoms with Crippen LogP contribution in [0.1, 0.15) is 18.1 Å². The molecule has 104 valence electrons. The van der Waals surface area contributed by atoms with Gasteiger partial charge in [0.15, 0.2) is 0 Å². The molecule has 20 heavy (non-hydrogen) atoms. The summed E-state index contributed by atoms with van der Waals surface area (Å²) in [5, 5.41) is 17.6. The average Bonchev–Trinajstić information content (AvgIpc) is 2.42. The van der Waals surface area contributed by atoms with Crippen LogP contribution in [0.5, 0.6) is 11.5 Å². The predicted octanol–water partition coefficient (Wildman–Crippen LogP) is 2.73. The highest BCUT2D eigenvalue weighted by molar-refractivity contribution is 5.96. The van der Waals surface area contributed by atoms with E-state index in [-0.39, 0.29) is 5.57 Å². The van der Waals surface area contributed by atoms with Crippen molar-refractivity contribution in [2.45, 2.75) is 6.92 Å². The second-order valence-electron chi connectivity index (χ2n) is 4.06. The Labute approximate surface area is 117 Å². The van der Waals surface area contributed by atoms with Crippen LogP contribution in [0.15, 0.2) is 24.3 Å². The number of carboxylic acid groups (broad SMARTS) is 1. The molecule has 0 fully saturated rings. The van der Waals surface area contributed by atoms with Crippen molar-refractivity contribution in [1.29, 1.82) is 5.26 Å². The molecule has 5 nitrogen and oxygen atoms in total. The van der Waals surface area contributed by atoms with Crippen LogP contribution in [0.2, 0.25) is 0 Å². The molecule has 0 amide bonds. The van der Waals surface area contributed by atoms with Gasteiger partial charge < -0.3 is 14.6 Å². The van der Waals surface area contributed by atoms with Crippen LogP contribution in [-0.2, 0) is 4.79 Å². The quantitative estimate of drug-likeness (QED) is 0.659.